The lowest BCUT2D eigenvalue weighted by Gasteiger charge is -2.30. The number of unbranched alkanes of at least 4 members (excludes halogenated alkanes) is 3. The molecule has 144 valence electrons. The van der Waals surface area contributed by atoms with Gasteiger partial charge in [0, 0.05) is 33.0 Å². The van der Waals surface area contributed by atoms with E-state index in [2.05, 4.69) is 84.2 Å². The van der Waals surface area contributed by atoms with Crippen molar-refractivity contribution in [1.29, 1.82) is 0 Å². The van der Waals surface area contributed by atoms with E-state index in [1.807, 2.05) is 0 Å². The molecule has 1 aromatic rings. The number of halogens is 2. The molecule has 0 aliphatic carbocycles. The first-order valence-electron chi connectivity index (χ1n) is 9.42. The first-order chi connectivity index (χ1) is 12.1. The molecule has 0 amide bonds. The van der Waals surface area contributed by atoms with Crippen molar-refractivity contribution in [3.8, 4) is 0 Å². The fraction of sp³-hybridized carbons (Fsp3) is 0.684. The van der Waals surface area contributed by atoms with Gasteiger partial charge < -0.3 is 13.3 Å². The van der Waals surface area contributed by atoms with Crippen LogP contribution in [0.2, 0.25) is 0 Å². The topological polar surface area (TPSA) is 27.7 Å². The lowest BCUT2D eigenvalue weighted by atomic mass is 10.2. The molecule has 0 aliphatic heterocycles. The normalized spacial score (nSPS) is 11.9. The lowest BCUT2D eigenvalue weighted by Crippen LogP contribution is -2.49. The van der Waals surface area contributed by atoms with Crippen LogP contribution in [0.5, 0.6) is 0 Å². The molecule has 1 aromatic carbocycles. The van der Waals surface area contributed by atoms with Crippen LogP contribution in [0.1, 0.15) is 64.9 Å². The minimum absolute atomic E-state index is 0.724. The van der Waals surface area contributed by atoms with Crippen molar-refractivity contribution in [2.75, 3.05) is 19.8 Å². The summed E-state index contributed by atoms with van der Waals surface area (Å²) in [7, 11) is -2.71. The minimum Gasteiger partial charge on any atom is -0.373 e. The summed E-state index contributed by atoms with van der Waals surface area (Å²) in [5, 5.41) is 0. The summed E-state index contributed by atoms with van der Waals surface area (Å²) in [6, 6.07) is 7.31. The summed E-state index contributed by atoms with van der Waals surface area (Å²) in [6.45, 7) is 8.73. The van der Waals surface area contributed by atoms with Gasteiger partial charge in [-0.3, -0.25) is 0 Å². The molecule has 0 saturated heterocycles. The van der Waals surface area contributed by atoms with Crippen molar-refractivity contribution in [2.24, 2.45) is 0 Å². The Bertz CT molecular complexity index is 459. The Morgan fingerprint density at radius 2 is 1.28 bits per heavy atom. The Morgan fingerprint density at radius 3 is 1.72 bits per heavy atom. The van der Waals surface area contributed by atoms with Gasteiger partial charge in [0.15, 0.2) is 0 Å². The van der Waals surface area contributed by atoms with E-state index in [4.69, 9.17) is 13.3 Å². The standard InChI is InChI=1S/C19H32I2O3Si/c1-4-7-12-22-25(23-13-8-5-2,24-14-9-6-3)16-17-15-18(20)10-11-19(17)21/h10-11,15H,4-9,12-14,16H2,1-3H3. The third-order valence-corrected chi connectivity index (χ3v) is 8.34. The third-order valence-electron chi connectivity index (χ3n) is 3.87. The molecule has 0 spiro atoms. The molecule has 0 fully saturated rings. The second-order valence-electron chi connectivity index (χ2n) is 6.20. The van der Waals surface area contributed by atoms with Crippen molar-refractivity contribution in [2.45, 2.75) is 65.3 Å². The summed E-state index contributed by atoms with van der Waals surface area (Å²) in [6.07, 6.45) is 6.50. The molecule has 25 heavy (non-hydrogen) atoms. The van der Waals surface area contributed by atoms with Crippen LogP contribution in [0.4, 0.5) is 0 Å². The van der Waals surface area contributed by atoms with Gasteiger partial charge in [0.25, 0.3) is 0 Å². The highest BCUT2D eigenvalue weighted by atomic mass is 127. The van der Waals surface area contributed by atoms with Crippen LogP contribution in [-0.4, -0.2) is 28.6 Å². The molecule has 6 heteroatoms. The molecule has 0 aliphatic rings. The highest BCUT2D eigenvalue weighted by Gasteiger charge is 2.42. The van der Waals surface area contributed by atoms with Crippen LogP contribution in [-0.2, 0) is 19.3 Å². The molecule has 1 rings (SSSR count). The molecule has 0 atom stereocenters. The minimum atomic E-state index is -2.71. The first-order valence-corrected chi connectivity index (χ1v) is 13.5. The molecule has 0 saturated carbocycles. The van der Waals surface area contributed by atoms with Crippen molar-refractivity contribution >= 4 is 54.0 Å². The average Bonchev–Trinajstić information content (AvgIpc) is 2.59. The molecule has 0 N–H and O–H groups in total. The van der Waals surface area contributed by atoms with E-state index in [-0.39, 0.29) is 0 Å². The van der Waals surface area contributed by atoms with Gasteiger partial charge in [-0.25, -0.2) is 0 Å². The van der Waals surface area contributed by atoms with E-state index >= 15 is 0 Å². The van der Waals surface area contributed by atoms with Gasteiger partial charge >= 0.3 is 8.80 Å². The molecule has 0 radical (unpaired) electrons. The van der Waals surface area contributed by atoms with Gasteiger partial charge in [-0.1, -0.05) is 40.0 Å². The van der Waals surface area contributed by atoms with E-state index in [1.165, 1.54) is 12.7 Å². The van der Waals surface area contributed by atoms with E-state index in [0.717, 1.165) is 64.4 Å². The molecular weight excluding hydrogens is 558 g/mol. The molecule has 0 heterocycles. The fourth-order valence-electron chi connectivity index (χ4n) is 2.31. The van der Waals surface area contributed by atoms with Gasteiger partial charge in [-0.2, -0.15) is 0 Å². The second kappa shape index (κ2) is 13.9. The largest absolute Gasteiger partial charge is 0.505 e. The van der Waals surface area contributed by atoms with Gasteiger partial charge in [0.1, 0.15) is 0 Å². The van der Waals surface area contributed by atoms with Crippen molar-refractivity contribution in [3.05, 3.63) is 30.9 Å². The van der Waals surface area contributed by atoms with E-state index in [1.54, 1.807) is 0 Å². The fourth-order valence-corrected chi connectivity index (χ4v) is 6.43. The summed E-state index contributed by atoms with van der Waals surface area (Å²) in [5.41, 5.74) is 1.28. The van der Waals surface area contributed by atoms with Crippen LogP contribution in [0.3, 0.4) is 0 Å². The number of hydrogen-bond acceptors (Lipinski definition) is 3. The quantitative estimate of drug-likeness (QED) is 0.143. The van der Waals surface area contributed by atoms with Crippen molar-refractivity contribution in [3.63, 3.8) is 0 Å². The van der Waals surface area contributed by atoms with Crippen LogP contribution in [0, 0.1) is 7.14 Å². The molecular formula is C19H32I2O3Si. The summed E-state index contributed by atoms with van der Waals surface area (Å²) >= 11 is 4.77. The maximum absolute atomic E-state index is 6.35. The average molecular weight is 590 g/mol. The van der Waals surface area contributed by atoms with E-state index in [0.29, 0.717) is 0 Å². The highest BCUT2D eigenvalue weighted by molar-refractivity contribution is 14.1. The van der Waals surface area contributed by atoms with Crippen LogP contribution in [0.15, 0.2) is 18.2 Å². The monoisotopic (exact) mass is 590 g/mol. The maximum atomic E-state index is 6.35. The van der Waals surface area contributed by atoms with E-state index < -0.39 is 8.80 Å². The Morgan fingerprint density at radius 1 is 0.800 bits per heavy atom. The zero-order valence-electron chi connectivity index (χ0n) is 15.8. The zero-order valence-corrected chi connectivity index (χ0v) is 21.1. The van der Waals surface area contributed by atoms with Gasteiger partial charge in [-0.15, -0.1) is 0 Å². The van der Waals surface area contributed by atoms with Crippen molar-refractivity contribution < 1.29 is 13.3 Å². The smallest absolute Gasteiger partial charge is 0.373 e. The van der Waals surface area contributed by atoms with Crippen molar-refractivity contribution in [1.82, 2.24) is 0 Å². The second-order valence-corrected chi connectivity index (χ2v) is 11.2. The Hall–Kier alpha value is 0.777. The molecule has 0 unspecified atom stereocenters. The highest BCUT2D eigenvalue weighted by Crippen LogP contribution is 2.24. The third kappa shape index (κ3) is 9.50. The van der Waals surface area contributed by atoms with Crippen LogP contribution < -0.4 is 0 Å². The van der Waals surface area contributed by atoms with E-state index in [9.17, 15) is 0 Å². The first kappa shape index (κ1) is 23.8. The molecule has 0 bridgehead atoms. The maximum Gasteiger partial charge on any atom is 0.505 e. The Kier molecular flexibility index (Phi) is 13.2. The SMILES string of the molecule is CCCCO[Si](Cc1cc(I)ccc1I)(OCCCC)OCCCC. The zero-order chi connectivity index (χ0) is 18.5. The predicted molar refractivity (Wildman–Crippen MR) is 124 cm³/mol. The Balaban J connectivity index is 2.98. The number of hydrogen-bond donors (Lipinski definition) is 0. The van der Waals surface area contributed by atoms with Crippen LogP contribution in [0.25, 0.3) is 0 Å². The van der Waals surface area contributed by atoms with Crippen LogP contribution >= 0.6 is 45.2 Å². The molecule has 3 nitrogen and oxygen atoms in total. The summed E-state index contributed by atoms with van der Waals surface area (Å²) in [4.78, 5) is 0. The van der Waals surface area contributed by atoms with Gasteiger partial charge in [0.05, 0.1) is 0 Å². The predicted octanol–water partition coefficient (Wildman–Crippen LogP) is 6.37. The lowest BCUT2D eigenvalue weighted by molar-refractivity contribution is 0.0553. The number of rotatable bonds is 14. The van der Waals surface area contributed by atoms with Gasteiger partial charge in [0.2, 0.25) is 0 Å². The Labute approximate surface area is 182 Å². The van der Waals surface area contributed by atoms with Gasteiger partial charge in [-0.05, 0) is 88.2 Å². The molecule has 0 aromatic heterocycles. The summed E-state index contributed by atoms with van der Waals surface area (Å²) < 4.78 is 21.6. The summed E-state index contributed by atoms with van der Waals surface area (Å²) in [5.74, 6) is 0. The number of benzene rings is 1.